The maximum Gasteiger partial charge on any atom is 0.339 e. The van der Waals surface area contributed by atoms with Crippen LogP contribution in [0, 0.1) is 0 Å². The van der Waals surface area contributed by atoms with Gasteiger partial charge in [-0.15, -0.1) is 0 Å². The van der Waals surface area contributed by atoms with E-state index in [0.717, 1.165) is 5.56 Å². The number of hydrogen-bond donors (Lipinski definition) is 2. The monoisotopic (exact) mass is 254 g/mol. The van der Waals surface area contributed by atoms with Gasteiger partial charge in [0.1, 0.15) is 11.3 Å². The highest BCUT2D eigenvalue weighted by molar-refractivity contribution is 6.10. The Morgan fingerprint density at radius 3 is 2.37 bits per heavy atom. The normalized spacial score (nSPS) is 12.7. The number of rotatable bonds is 1. The number of aromatic carboxylic acids is 1. The van der Waals surface area contributed by atoms with Crippen molar-refractivity contribution in [3.05, 3.63) is 53.1 Å². The molecule has 0 atom stereocenters. The Hall–Kier alpha value is -2.62. The second kappa shape index (κ2) is 3.95. The van der Waals surface area contributed by atoms with Crippen molar-refractivity contribution in [1.82, 2.24) is 0 Å². The average Bonchev–Trinajstić information content (AvgIpc) is 2.38. The predicted molar refractivity (Wildman–Crippen MR) is 68.5 cm³/mol. The second-order valence-corrected chi connectivity index (χ2v) is 4.44. The van der Waals surface area contributed by atoms with Crippen LogP contribution in [0.4, 0.5) is 0 Å². The summed E-state index contributed by atoms with van der Waals surface area (Å²) in [6, 6.07) is 10.1. The topological polar surface area (TPSA) is 74.6 Å². The standard InChI is InChI=1S/C15H10O4/c16-12-6-5-9-8-3-1-2-4-10(8)13(17)7-11(9)14(12)15(18)19/h1-6,16H,7H2,(H,18,19). The maximum absolute atomic E-state index is 12.1. The third kappa shape index (κ3) is 1.61. The number of carbonyl (C=O) groups excluding carboxylic acids is 1. The SMILES string of the molecule is O=C1Cc2c(ccc(O)c2C(=O)O)-c2ccccc21. The van der Waals surface area contributed by atoms with Gasteiger partial charge in [0.05, 0.1) is 0 Å². The summed E-state index contributed by atoms with van der Waals surface area (Å²) < 4.78 is 0. The first-order valence-electron chi connectivity index (χ1n) is 5.80. The third-order valence-electron chi connectivity index (χ3n) is 3.36. The van der Waals surface area contributed by atoms with Crippen LogP contribution in [0.25, 0.3) is 11.1 Å². The fourth-order valence-electron chi connectivity index (χ4n) is 2.53. The number of benzene rings is 2. The number of ketones is 1. The van der Waals surface area contributed by atoms with E-state index in [-0.39, 0.29) is 23.5 Å². The lowest BCUT2D eigenvalue weighted by molar-refractivity contribution is 0.0692. The highest BCUT2D eigenvalue weighted by Crippen LogP contribution is 2.38. The molecule has 94 valence electrons. The number of phenols is 1. The smallest absolute Gasteiger partial charge is 0.339 e. The van der Waals surface area contributed by atoms with Gasteiger partial charge in [-0.05, 0) is 22.8 Å². The number of hydrogen-bond acceptors (Lipinski definition) is 3. The van der Waals surface area contributed by atoms with Gasteiger partial charge in [0, 0.05) is 12.0 Å². The van der Waals surface area contributed by atoms with Crippen LogP contribution < -0.4 is 0 Å². The van der Waals surface area contributed by atoms with Crippen molar-refractivity contribution >= 4 is 11.8 Å². The van der Waals surface area contributed by atoms with Gasteiger partial charge in [-0.2, -0.15) is 0 Å². The van der Waals surface area contributed by atoms with Crippen LogP contribution in [0.3, 0.4) is 0 Å². The summed E-state index contributed by atoms with van der Waals surface area (Å²) in [5.41, 5.74) is 2.22. The van der Waals surface area contributed by atoms with Crippen molar-refractivity contribution < 1.29 is 19.8 Å². The van der Waals surface area contributed by atoms with Crippen molar-refractivity contribution in [2.75, 3.05) is 0 Å². The average molecular weight is 254 g/mol. The number of carboxylic acids is 1. The highest BCUT2D eigenvalue weighted by atomic mass is 16.4. The molecule has 0 amide bonds. The van der Waals surface area contributed by atoms with E-state index in [1.54, 1.807) is 30.3 Å². The van der Waals surface area contributed by atoms with Gasteiger partial charge in [-0.1, -0.05) is 30.3 Å². The molecule has 2 aromatic carbocycles. The quantitative estimate of drug-likeness (QED) is 0.819. The van der Waals surface area contributed by atoms with Crippen molar-refractivity contribution in [3.8, 4) is 16.9 Å². The van der Waals surface area contributed by atoms with E-state index in [4.69, 9.17) is 0 Å². The minimum atomic E-state index is -1.22. The van der Waals surface area contributed by atoms with Gasteiger partial charge in [0.25, 0.3) is 0 Å². The molecule has 3 rings (SSSR count). The molecule has 0 bridgehead atoms. The molecule has 0 aliphatic heterocycles. The number of carbonyl (C=O) groups is 2. The molecule has 0 radical (unpaired) electrons. The van der Waals surface area contributed by atoms with Gasteiger partial charge in [-0.25, -0.2) is 4.79 Å². The molecule has 0 fully saturated rings. The Bertz CT molecular complexity index is 716. The summed E-state index contributed by atoms with van der Waals surface area (Å²) in [5.74, 6) is -1.66. The molecule has 0 saturated carbocycles. The maximum atomic E-state index is 12.1. The second-order valence-electron chi connectivity index (χ2n) is 4.44. The van der Waals surface area contributed by atoms with Crippen LogP contribution in [0.5, 0.6) is 5.75 Å². The van der Waals surface area contributed by atoms with Gasteiger partial charge in [0.2, 0.25) is 0 Å². The molecule has 2 N–H and O–H groups in total. The largest absolute Gasteiger partial charge is 0.507 e. The predicted octanol–water partition coefficient (Wildman–Crippen LogP) is 2.50. The molecule has 0 saturated heterocycles. The van der Waals surface area contributed by atoms with Crippen LogP contribution in [0.15, 0.2) is 36.4 Å². The molecule has 0 aromatic heterocycles. The van der Waals surface area contributed by atoms with Gasteiger partial charge in [-0.3, -0.25) is 4.79 Å². The molecular formula is C15H10O4. The number of carboxylic acid groups (broad SMARTS) is 1. The Morgan fingerprint density at radius 1 is 1.00 bits per heavy atom. The number of aromatic hydroxyl groups is 1. The molecule has 4 heteroatoms. The van der Waals surface area contributed by atoms with E-state index in [0.29, 0.717) is 16.7 Å². The molecule has 4 nitrogen and oxygen atoms in total. The summed E-state index contributed by atoms with van der Waals surface area (Å²) in [7, 11) is 0. The zero-order chi connectivity index (χ0) is 13.6. The van der Waals surface area contributed by atoms with E-state index in [1.807, 2.05) is 0 Å². The first-order chi connectivity index (χ1) is 9.09. The summed E-state index contributed by atoms with van der Waals surface area (Å²) >= 11 is 0. The van der Waals surface area contributed by atoms with Crippen LogP contribution in [0.1, 0.15) is 26.3 Å². The highest BCUT2D eigenvalue weighted by Gasteiger charge is 2.28. The fourth-order valence-corrected chi connectivity index (χ4v) is 2.53. The minimum absolute atomic E-state index is 0.00236. The summed E-state index contributed by atoms with van der Waals surface area (Å²) in [6.07, 6.45) is 0.00236. The molecule has 0 spiro atoms. The molecule has 0 unspecified atom stereocenters. The van der Waals surface area contributed by atoms with Crippen molar-refractivity contribution in [2.45, 2.75) is 6.42 Å². The molecule has 1 aliphatic rings. The lowest BCUT2D eigenvalue weighted by atomic mass is 9.82. The number of fused-ring (bicyclic) bond motifs is 3. The van der Waals surface area contributed by atoms with Crippen LogP contribution in [0.2, 0.25) is 0 Å². The summed E-state index contributed by atoms with van der Waals surface area (Å²) in [5, 5.41) is 18.9. The van der Waals surface area contributed by atoms with Gasteiger partial charge < -0.3 is 10.2 Å². The van der Waals surface area contributed by atoms with E-state index in [1.165, 1.54) is 6.07 Å². The Kier molecular flexibility index (Phi) is 2.38. The summed E-state index contributed by atoms with van der Waals surface area (Å²) in [4.78, 5) is 23.3. The van der Waals surface area contributed by atoms with Crippen molar-refractivity contribution in [1.29, 1.82) is 0 Å². The van der Waals surface area contributed by atoms with Gasteiger partial charge >= 0.3 is 5.97 Å². The lowest BCUT2D eigenvalue weighted by Gasteiger charge is -2.20. The van der Waals surface area contributed by atoms with E-state index < -0.39 is 5.97 Å². The first kappa shape index (κ1) is 11.5. The van der Waals surface area contributed by atoms with Crippen LogP contribution in [-0.2, 0) is 6.42 Å². The Labute approximate surface area is 108 Å². The van der Waals surface area contributed by atoms with Crippen molar-refractivity contribution in [2.24, 2.45) is 0 Å². The molecule has 1 aliphatic carbocycles. The van der Waals surface area contributed by atoms with E-state index in [2.05, 4.69) is 0 Å². The first-order valence-corrected chi connectivity index (χ1v) is 5.80. The van der Waals surface area contributed by atoms with Crippen LogP contribution >= 0.6 is 0 Å². The number of Topliss-reactive ketones (excluding diaryl/α,β-unsaturated/α-hetero) is 1. The molecule has 0 heterocycles. The fraction of sp³-hybridized carbons (Fsp3) is 0.0667. The summed E-state index contributed by atoms with van der Waals surface area (Å²) in [6.45, 7) is 0. The Balaban J connectivity index is 2.37. The third-order valence-corrected chi connectivity index (χ3v) is 3.36. The lowest BCUT2D eigenvalue weighted by Crippen LogP contribution is -2.16. The molecular weight excluding hydrogens is 244 g/mol. The van der Waals surface area contributed by atoms with Gasteiger partial charge in [0.15, 0.2) is 5.78 Å². The van der Waals surface area contributed by atoms with E-state index >= 15 is 0 Å². The molecule has 19 heavy (non-hydrogen) atoms. The van der Waals surface area contributed by atoms with Crippen molar-refractivity contribution in [3.63, 3.8) is 0 Å². The Morgan fingerprint density at radius 2 is 1.68 bits per heavy atom. The minimum Gasteiger partial charge on any atom is -0.507 e. The zero-order valence-corrected chi connectivity index (χ0v) is 9.88. The van der Waals surface area contributed by atoms with E-state index in [9.17, 15) is 19.8 Å². The van der Waals surface area contributed by atoms with Crippen LogP contribution in [-0.4, -0.2) is 22.0 Å². The zero-order valence-electron chi connectivity index (χ0n) is 9.88. The molecule has 2 aromatic rings.